The number of carbonyl (C=O) groups excluding carboxylic acids is 1. The highest BCUT2D eigenvalue weighted by molar-refractivity contribution is 5.93. The highest BCUT2D eigenvalue weighted by Gasteiger charge is 2.36. The van der Waals surface area contributed by atoms with Gasteiger partial charge >= 0.3 is 6.18 Å². The van der Waals surface area contributed by atoms with Gasteiger partial charge in [0.15, 0.2) is 0 Å². The van der Waals surface area contributed by atoms with Crippen molar-refractivity contribution in [3.8, 4) is 0 Å². The van der Waals surface area contributed by atoms with Gasteiger partial charge in [-0.25, -0.2) is 9.97 Å². The second kappa shape index (κ2) is 9.68. The molecular formula is C27H30F3N5O3. The third-order valence-electron chi connectivity index (χ3n) is 7.02. The number of H-pyrrole nitrogens is 1. The molecule has 2 N–H and O–H groups in total. The van der Waals surface area contributed by atoms with Crippen molar-refractivity contribution in [1.29, 1.82) is 0 Å². The second-order valence-electron chi connectivity index (χ2n) is 10.4. The molecule has 1 saturated heterocycles. The zero-order valence-electron chi connectivity index (χ0n) is 21.6. The normalized spacial score (nSPS) is 21.0. The fraction of sp³-hybridized carbons (Fsp3) is 0.481. The summed E-state index contributed by atoms with van der Waals surface area (Å²) in [6, 6.07) is 3.13. The van der Waals surface area contributed by atoms with Crippen molar-refractivity contribution in [2.45, 2.75) is 70.9 Å². The molecule has 5 rings (SSSR count). The minimum atomic E-state index is -4.64. The van der Waals surface area contributed by atoms with Crippen molar-refractivity contribution >= 4 is 22.5 Å². The molecule has 1 aromatic carbocycles. The maximum Gasteiger partial charge on any atom is 0.416 e. The summed E-state index contributed by atoms with van der Waals surface area (Å²) in [6.07, 6.45) is -1.42. The number of aromatic amines is 1. The summed E-state index contributed by atoms with van der Waals surface area (Å²) < 4.78 is 47.9. The minimum absolute atomic E-state index is 0.00974. The molecule has 202 valence electrons. The second-order valence-corrected chi connectivity index (χ2v) is 10.4. The van der Waals surface area contributed by atoms with E-state index in [-0.39, 0.29) is 46.3 Å². The molecule has 1 aliphatic heterocycles. The van der Waals surface area contributed by atoms with Gasteiger partial charge in [-0.1, -0.05) is 0 Å². The summed E-state index contributed by atoms with van der Waals surface area (Å²) in [5.41, 5.74) is 0.304. The predicted molar refractivity (Wildman–Crippen MR) is 136 cm³/mol. The van der Waals surface area contributed by atoms with Gasteiger partial charge in [0.25, 0.3) is 11.5 Å². The van der Waals surface area contributed by atoms with Crippen LogP contribution >= 0.6 is 0 Å². The topological polar surface area (TPSA) is 100 Å². The van der Waals surface area contributed by atoms with Crippen LogP contribution in [0.5, 0.6) is 0 Å². The average molecular weight is 530 g/mol. The Kier molecular flexibility index (Phi) is 6.66. The van der Waals surface area contributed by atoms with E-state index in [9.17, 15) is 22.8 Å². The first kappa shape index (κ1) is 26.1. The van der Waals surface area contributed by atoms with E-state index in [1.54, 1.807) is 17.9 Å². The smallest absolute Gasteiger partial charge is 0.377 e. The molecule has 2 aliphatic rings. The number of anilines is 1. The highest BCUT2D eigenvalue weighted by atomic mass is 19.4. The lowest BCUT2D eigenvalue weighted by Gasteiger charge is -2.35. The lowest BCUT2D eigenvalue weighted by molar-refractivity contribution is -0.138. The van der Waals surface area contributed by atoms with Crippen LogP contribution in [0.25, 0.3) is 10.9 Å². The molecule has 11 heteroatoms. The number of aryl methyl sites for hydroxylation is 1. The number of nitrogens with one attached hydrogen (secondary N) is 2. The molecule has 3 unspecified atom stereocenters. The van der Waals surface area contributed by atoms with E-state index in [1.807, 2.05) is 13.8 Å². The van der Waals surface area contributed by atoms with Gasteiger partial charge in [-0.05, 0) is 75.8 Å². The third-order valence-corrected chi connectivity index (χ3v) is 7.02. The van der Waals surface area contributed by atoms with Crippen LogP contribution in [0.3, 0.4) is 0 Å². The van der Waals surface area contributed by atoms with Crippen molar-refractivity contribution < 1.29 is 22.7 Å². The Morgan fingerprint density at radius 1 is 1.18 bits per heavy atom. The lowest BCUT2D eigenvalue weighted by Crippen LogP contribution is -2.48. The fourth-order valence-electron chi connectivity index (χ4n) is 5.18. The molecule has 0 bridgehead atoms. The zero-order chi connectivity index (χ0) is 27.4. The van der Waals surface area contributed by atoms with Gasteiger partial charge < -0.3 is 19.9 Å². The van der Waals surface area contributed by atoms with Gasteiger partial charge in [0.05, 0.1) is 40.6 Å². The Morgan fingerprint density at radius 3 is 2.50 bits per heavy atom. The molecule has 1 amide bonds. The van der Waals surface area contributed by atoms with E-state index in [0.717, 1.165) is 24.5 Å². The van der Waals surface area contributed by atoms with E-state index < -0.39 is 23.3 Å². The predicted octanol–water partition coefficient (Wildman–Crippen LogP) is 4.95. The third kappa shape index (κ3) is 5.24. The number of carbonyl (C=O) groups is 1. The quantitative estimate of drug-likeness (QED) is 0.486. The van der Waals surface area contributed by atoms with Crippen LogP contribution in [0, 0.1) is 6.92 Å². The van der Waals surface area contributed by atoms with Crippen molar-refractivity contribution in [1.82, 2.24) is 19.9 Å². The summed E-state index contributed by atoms with van der Waals surface area (Å²) in [5.74, 6) is 0.255. The van der Waals surface area contributed by atoms with E-state index in [0.29, 0.717) is 24.5 Å². The van der Waals surface area contributed by atoms with Crippen LogP contribution in [-0.4, -0.2) is 51.1 Å². The molecule has 8 nitrogen and oxygen atoms in total. The van der Waals surface area contributed by atoms with Crippen LogP contribution in [0.4, 0.5) is 18.9 Å². The number of pyridine rings is 1. The molecule has 0 radical (unpaired) electrons. The van der Waals surface area contributed by atoms with Crippen molar-refractivity contribution in [2.24, 2.45) is 0 Å². The Balaban J connectivity index is 1.48. The van der Waals surface area contributed by atoms with Crippen molar-refractivity contribution in [2.75, 3.05) is 18.4 Å². The van der Waals surface area contributed by atoms with Crippen LogP contribution in [0.15, 0.2) is 29.2 Å². The van der Waals surface area contributed by atoms with Crippen LogP contribution in [0.1, 0.15) is 78.6 Å². The van der Waals surface area contributed by atoms with Crippen molar-refractivity contribution in [3.05, 3.63) is 63.0 Å². The van der Waals surface area contributed by atoms with Crippen LogP contribution in [-0.2, 0) is 10.9 Å². The van der Waals surface area contributed by atoms with E-state index >= 15 is 0 Å². The van der Waals surface area contributed by atoms with E-state index in [1.165, 1.54) is 19.2 Å². The number of ether oxygens (including phenoxy) is 1. The van der Waals surface area contributed by atoms with E-state index in [4.69, 9.17) is 4.74 Å². The summed E-state index contributed by atoms with van der Waals surface area (Å²) in [6.45, 7) is 7.90. The van der Waals surface area contributed by atoms with Gasteiger partial charge in [0, 0.05) is 19.1 Å². The molecule has 3 heterocycles. The highest BCUT2D eigenvalue weighted by Crippen LogP contribution is 2.45. The Labute approximate surface area is 217 Å². The number of amides is 1. The van der Waals surface area contributed by atoms with Gasteiger partial charge in [-0.2, -0.15) is 13.2 Å². The largest absolute Gasteiger partial charge is 0.416 e. The van der Waals surface area contributed by atoms with Crippen molar-refractivity contribution in [3.63, 3.8) is 0 Å². The number of nitrogens with zero attached hydrogens (tertiary/aromatic N) is 3. The van der Waals surface area contributed by atoms with Crippen LogP contribution < -0.4 is 10.9 Å². The standard InChI is InChI=1S/C27H30F3N5O3/c1-13-11-35(12-14(2)38-13)26(37)23-8-19(17-5-6-17)24(10-31-23)32-15(3)18-7-20-22(9-21(18)27(28,29)30)33-16(4)34-25(20)36/h7-10,13-15,17,32H,5-6,11-12H2,1-4H3,(H,33,34,36). The first-order valence-electron chi connectivity index (χ1n) is 12.7. The van der Waals surface area contributed by atoms with Gasteiger partial charge in [-0.3, -0.25) is 9.59 Å². The molecule has 2 aromatic heterocycles. The zero-order valence-corrected chi connectivity index (χ0v) is 21.6. The Hall–Kier alpha value is -3.47. The number of alkyl halides is 3. The molecule has 38 heavy (non-hydrogen) atoms. The number of morpholine rings is 1. The maximum absolute atomic E-state index is 14.1. The maximum atomic E-state index is 14.1. The van der Waals surface area contributed by atoms with Gasteiger partial charge in [0.1, 0.15) is 11.5 Å². The average Bonchev–Trinajstić information content (AvgIpc) is 3.67. The SMILES string of the molecule is Cc1nc2cc(C(F)(F)F)c(C(C)Nc3cnc(C(=O)N4CC(C)OC(C)C4)cc3C3CC3)cc2c(=O)[nH]1. The number of rotatable bonds is 5. The monoisotopic (exact) mass is 529 g/mol. The number of hydrogen-bond donors (Lipinski definition) is 2. The van der Waals surface area contributed by atoms with Gasteiger partial charge in [0.2, 0.25) is 0 Å². The molecule has 2 fully saturated rings. The molecule has 3 aromatic rings. The molecule has 1 saturated carbocycles. The van der Waals surface area contributed by atoms with Crippen LogP contribution in [0.2, 0.25) is 0 Å². The molecule has 1 aliphatic carbocycles. The molecule has 0 spiro atoms. The first-order chi connectivity index (χ1) is 17.9. The van der Waals surface area contributed by atoms with E-state index in [2.05, 4.69) is 20.3 Å². The fourth-order valence-corrected chi connectivity index (χ4v) is 5.18. The Morgan fingerprint density at radius 2 is 1.87 bits per heavy atom. The Bertz CT molecular complexity index is 1440. The minimum Gasteiger partial charge on any atom is -0.377 e. The number of halogens is 3. The first-order valence-corrected chi connectivity index (χ1v) is 12.7. The summed E-state index contributed by atoms with van der Waals surface area (Å²) in [7, 11) is 0. The summed E-state index contributed by atoms with van der Waals surface area (Å²) in [4.78, 5) is 38.4. The lowest BCUT2D eigenvalue weighted by atomic mass is 9.97. The number of fused-ring (bicyclic) bond motifs is 1. The number of aromatic nitrogens is 3. The number of benzene rings is 1. The van der Waals surface area contributed by atoms with Gasteiger partial charge in [-0.15, -0.1) is 0 Å². The molecular weight excluding hydrogens is 499 g/mol. The summed E-state index contributed by atoms with van der Waals surface area (Å²) in [5, 5.41) is 3.26. The number of hydrogen-bond acceptors (Lipinski definition) is 6. The molecule has 3 atom stereocenters. The summed E-state index contributed by atoms with van der Waals surface area (Å²) >= 11 is 0.